The SMILES string of the molecule is O=C(c1ccco1)N(Cc1ccccc1)Cc1cccc2c1OCO2. The van der Waals surface area contributed by atoms with Gasteiger partial charge < -0.3 is 18.8 Å². The molecule has 0 saturated carbocycles. The van der Waals surface area contributed by atoms with Crippen molar-refractivity contribution in [3.63, 3.8) is 0 Å². The number of ether oxygens (including phenoxy) is 2. The highest BCUT2D eigenvalue weighted by Crippen LogP contribution is 2.36. The average Bonchev–Trinajstić information content (AvgIpc) is 3.33. The van der Waals surface area contributed by atoms with Gasteiger partial charge in [0, 0.05) is 12.1 Å². The Bertz CT molecular complexity index is 859. The number of amides is 1. The molecular weight excluding hydrogens is 318 g/mol. The van der Waals surface area contributed by atoms with E-state index in [-0.39, 0.29) is 12.7 Å². The van der Waals surface area contributed by atoms with Gasteiger partial charge in [-0.15, -0.1) is 0 Å². The summed E-state index contributed by atoms with van der Waals surface area (Å²) in [5, 5.41) is 0. The van der Waals surface area contributed by atoms with Crippen molar-refractivity contribution in [2.75, 3.05) is 6.79 Å². The number of hydrogen-bond acceptors (Lipinski definition) is 4. The van der Waals surface area contributed by atoms with Crippen LogP contribution < -0.4 is 9.47 Å². The second-order valence-electron chi connectivity index (χ2n) is 5.78. The second-order valence-corrected chi connectivity index (χ2v) is 5.78. The smallest absolute Gasteiger partial charge is 0.290 e. The minimum atomic E-state index is -0.162. The van der Waals surface area contributed by atoms with Crippen LogP contribution >= 0.6 is 0 Å². The highest BCUT2D eigenvalue weighted by atomic mass is 16.7. The predicted octanol–water partition coefficient (Wildman–Crippen LogP) is 3.85. The van der Waals surface area contributed by atoms with E-state index in [0.717, 1.165) is 11.1 Å². The van der Waals surface area contributed by atoms with Crippen molar-refractivity contribution in [2.24, 2.45) is 0 Å². The van der Waals surface area contributed by atoms with E-state index in [4.69, 9.17) is 13.9 Å². The van der Waals surface area contributed by atoms with Crippen LogP contribution in [0.25, 0.3) is 0 Å². The molecule has 5 nitrogen and oxygen atoms in total. The van der Waals surface area contributed by atoms with Crippen LogP contribution in [0.15, 0.2) is 71.3 Å². The summed E-state index contributed by atoms with van der Waals surface area (Å²) in [6, 6.07) is 19.0. The first-order valence-electron chi connectivity index (χ1n) is 8.05. The van der Waals surface area contributed by atoms with E-state index in [0.29, 0.717) is 30.3 Å². The Balaban J connectivity index is 1.63. The van der Waals surface area contributed by atoms with Crippen LogP contribution in [-0.2, 0) is 13.1 Å². The highest BCUT2D eigenvalue weighted by molar-refractivity contribution is 5.91. The van der Waals surface area contributed by atoms with Crippen molar-refractivity contribution in [3.05, 3.63) is 83.8 Å². The van der Waals surface area contributed by atoms with Crippen LogP contribution in [0.1, 0.15) is 21.7 Å². The molecule has 0 N–H and O–H groups in total. The molecule has 1 aliphatic heterocycles. The zero-order valence-electron chi connectivity index (χ0n) is 13.6. The summed E-state index contributed by atoms with van der Waals surface area (Å²) in [6.45, 7) is 1.09. The van der Waals surface area contributed by atoms with Gasteiger partial charge in [-0.05, 0) is 23.8 Å². The molecule has 2 aromatic carbocycles. The molecule has 0 fully saturated rings. The lowest BCUT2D eigenvalue weighted by atomic mass is 10.1. The zero-order chi connectivity index (χ0) is 17.1. The Morgan fingerprint density at radius 3 is 2.60 bits per heavy atom. The first-order valence-corrected chi connectivity index (χ1v) is 8.05. The molecule has 25 heavy (non-hydrogen) atoms. The zero-order valence-corrected chi connectivity index (χ0v) is 13.6. The van der Waals surface area contributed by atoms with Crippen LogP contribution in [0, 0.1) is 0 Å². The van der Waals surface area contributed by atoms with E-state index in [1.54, 1.807) is 17.0 Å². The Labute approximate surface area is 145 Å². The van der Waals surface area contributed by atoms with E-state index < -0.39 is 0 Å². The summed E-state index contributed by atoms with van der Waals surface area (Å²) in [4.78, 5) is 14.6. The van der Waals surface area contributed by atoms with Crippen LogP contribution in [0.2, 0.25) is 0 Å². The third kappa shape index (κ3) is 3.21. The normalized spacial score (nSPS) is 12.2. The molecule has 0 radical (unpaired) electrons. The summed E-state index contributed by atoms with van der Waals surface area (Å²) < 4.78 is 16.3. The largest absolute Gasteiger partial charge is 0.459 e. The van der Waals surface area contributed by atoms with E-state index in [1.807, 2.05) is 48.5 Å². The molecule has 0 unspecified atom stereocenters. The number of nitrogens with zero attached hydrogens (tertiary/aromatic N) is 1. The van der Waals surface area contributed by atoms with E-state index in [1.165, 1.54) is 6.26 Å². The van der Waals surface area contributed by atoms with E-state index >= 15 is 0 Å². The van der Waals surface area contributed by atoms with Crippen molar-refractivity contribution >= 4 is 5.91 Å². The quantitative estimate of drug-likeness (QED) is 0.711. The third-order valence-electron chi connectivity index (χ3n) is 4.07. The monoisotopic (exact) mass is 335 g/mol. The molecule has 0 aliphatic carbocycles. The maximum absolute atomic E-state index is 12.9. The number of hydrogen-bond donors (Lipinski definition) is 0. The van der Waals surface area contributed by atoms with Gasteiger partial charge in [-0.3, -0.25) is 4.79 Å². The fraction of sp³-hybridized carbons (Fsp3) is 0.150. The Kier molecular flexibility index (Phi) is 4.12. The van der Waals surface area contributed by atoms with Crippen molar-refractivity contribution in [2.45, 2.75) is 13.1 Å². The van der Waals surface area contributed by atoms with Crippen molar-refractivity contribution < 1.29 is 18.7 Å². The number of rotatable bonds is 5. The van der Waals surface area contributed by atoms with Crippen molar-refractivity contribution in [3.8, 4) is 11.5 Å². The van der Waals surface area contributed by atoms with Crippen LogP contribution in [-0.4, -0.2) is 17.6 Å². The molecule has 5 heteroatoms. The van der Waals surface area contributed by atoms with Crippen LogP contribution in [0.3, 0.4) is 0 Å². The highest BCUT2D eigenvalue weighted by Gasteiger charge is 2.23. The fourth-order valence-electron chi connectivity index (χ4n) is 2.88. The minimum Gasteiger partial charge on any atom is -0.459 e. The molecule has 3 aromatic rings. The van der Waals surface area contributed by atoms with E-state index in [2.05, 4.69) is 0 Å². The molecule has 0 bridgehead atoms. The average molecular weight is 335 g/mol. The van der Waals surface area contributed by atoms with Gasteiger partial charge in [-0.2, -0.15) is 0 Å². The summed E-state index contributed by atoms with van der Waals surface area (Å²) >= 11 is 0. The summed E-state index contributed by atoms with van der Waals surface area (Å²) in [5.41, 5.74) is 1.96. The molecule has 4 rings (SSSR count). The third-order valence-corrected chi connectivity index (χ3v) is 4.07. The number of para-hydroxylation sites is 1. The molecule has 0 spiro atoms. The second kappa shape index (κ2) is 6.73. The van der Waals surface area contributed by atoms with Gasteiger partial charge in [0.2, 0.25) is 6.79 Å². The minimum absolute atomic E-state index is 0.162. The number of carbonyl (C=O) groups is 1. The molecule has 1 amide bonds. The molecule has 1 aliphatic rings. The Morgan fingerprint density at radius 1 is 0.920 bits per heavy atom. The molecular formula is C20H17NO4. The van der Waals surface area contributed by atoms with Gasteiger partial charge in [-0.25, -0.2) is 0 Å². The fourth-order valence-corrected chi connectivity index (χ4v) is 2.88. The lowest BCUT2D eigenvalue weighted by Crippen LogP contribution is -2.30. The number of benzene rings is 2. The maximum Gasteiger partial charge on any atom is 0.290 e. The Hall–Kier alpha value is -3.21. The van der Waals surface area contributed by atoms with Gasteiger partial charge in [-0.1, -0.05) is 42.5 Å². The first-order chi connectivity index (χ1) is 12.3. The summed E-state index contributed by atoms with van der Waals surface area (Å²) in [5.74, 6) is 1.57. The summed E-state index contributed by atoms with van der Waals surface area (Å²) in [7, 11) is 0. The molecule has 0 saturated heterocycles. The molecule has 126 valence electrons. The van der Waals surface area contributed by atoms with Gasteiger partial charge in [0.15, 0.2) is 17.3 Å². The van der Waals surface area contributed by atoms with Crippen LogP contribution in [0.5, 0.6) is 11.5 Å². The molecule has 1 aromatic heterocycles. The first kappa shape index (κ1) is 15.3. The number of furan rings is 1. The van der Waals surface area contributed by atoms with Gasteiger partial charge in [0.05, 0.1) is 12.8 Å². The van der Waals surface area contributed by atoms with E-state index in [9.17, 15) is 4.79 Å². The van der Waals surface area contributed by atoms with Crippen molar-refractivity contribution in [1.29, 1.82) is 0 Å². The van der Waals surface area contributed by atoms with Crippen molar-refractivity contribution in [1.82, 2.24) is 4.90 Å². The Morgan fingerprint density at radius 2 is 1.80 bits per heavy atom. The number of carbonyl (C=O) groups excluding carboxylic acids is 1. The van der Waals surface area contributed by atoms with Gasteiger partial charge in [0.1, 0.15) is 0 Å². The number of fused-ring (bicyclic) bond motifs is 1. The summed E-state index contributed by atoms with van der Waals surface area (Å²) in [6.07, 6.45) is 1.51. The lowest BCUT2D eigenvalue weighted by molar-refractivity contribution is 0.0696. The van der Waals surface area contributed by atoms with Gasteiger partial charge >= 0.3 is 0 Å². The molecule has 2 heterocycles. The van der Waals surface area contributed by atoms with Gasteiger partial charge in [0.25, 0.3) is 5.91 Å². The standard InChI is InChI=1S/C20H17NO4/c22-20(18-10-5-11-23-18)21(12-15-6-2-1-3-7-15)13-16-8-4-9-17-19(16)25-14-24-17/h1-11H,12-14H2. The maximum atomic E-state index is 12.9. The molecule has 0 atom stereocenters. The lowest BCUT2D eigenvalue weighted by Gasteiger charge is -2.22. The van der Waals surface area contributed by atoms with Crippen LogP contribution in [0.4, 0.5) is 0 Å². The predicted molar refractivity (Wildman–Crippen MR) is 91.3 cm³/mol. The topological polar surface area (TPSA) is 51.9 Å².